The van der Waals surface area contributed by atoms with Gasteiger partial charge in [-0.25, -0.2) is 0 Å². The average Bonchev–Trinajstić information content (AvgIpc) is 4.18. The molecule has 484 valence electrons. The Morgan fingerprint density at radius 3 is 1.43 bits per heavy atom. The molecule has 0 aliphatic carbocycles. The molecule has 1 aliphatic heterocycles. The van der Waals surface area contributed by atoms with Crippen molar-refractivity contribution in [1.29, 1.82) is 0 Å². The first kappa shape index (κ1) is 73.2. The third-order valence-corrected chi connectivity index (χ3v) is 13.2. The van der Waals surface area contributed by atoms with Crippen molar-refractivity contribution in [3.63, 3.8) is 0 Å². The van der Waals surface area contributed by atoms with Crippen molar-refractivity contribution in [3.05, 3.63) is 46.8 Å². The summed E-state index contributed by atoms with van der Waals surface area (Å²) in [6.45, 7) is 7.80. The Hall–Kier alpha value is -9.05. The van der Waals surface area contributed by atoms with Gasteiger partial charge in [0.1, 0.15) is 66.1 Å². The van der Waals surface area contributed by atoms with E-state index in [1.165, 1.54) is 59.9 Å². The topological polar surface area (TPSA) is 548 Å². The Labute approximate surface area is 511 Å². The lowest BCUT2D eigenvalue weighted by Gasteiger charge is -2.28. The predicted molar refractivity (Wildman–Crippen MR) is 305 cm³/mol. The zero-order chi connectivity index (χ0) is 66.6. The lowest BCUT2D eigenvalue weighted by Crippen LogP contribution is -2.63. The van der Waals surface area contributed by atoms with Crippen LogP contribution < -0.4 is 69.2 Å². The van der Waals surface area contributed by atoms with E-state index in [9.17, 15) is 92.4 Å². The highest BCUT2D eigenvalue weighted by molar-refractivity contribution is 7.80. The van der Waals surface area contributed by atoms with Crippen LogP contribution in [0, 0.1) is 0 Å². The van der Waals surface area contributed by atoms with Crippen molar-refractivity contribution >= 4 is 114 Å². The fourth-order valence-corrected chi connectivity index (χ4v) is 7.88. The number of carboxylic acid groups (broad SMARTS) is 1. The van der Waals surface area contributed by atoms with E-state index in [2.05, 4.69) is 105 Å². The number of benzene rings is 1. The normalized spacial score (nSPS) is 16.1. The first-order valence-electron chi connectivity index (χ1n) is 26.6. The van der Waals surface area contributed by atoms with Gasteiger partial charge >= 0.3 is 5.97 Å². The van der Waals surface area contributed by atoms with E-state index in [4.69, 9.17) is 5.11 Å². The van der Waals surface area contributed by atoms with Crippen LogP contribution in [0.3, 0.4) is 0 Å². The van der Waals surface area contributed by atoms with Gasteiger partial charge < -0.3 is 84.2 Å². The number of amides is 14. The second-order valence-corrected chi connectivity index (χ2v) is 20.6. The van der Waals surface area contributed by atoms with Crippen molar-refractivity contribution in [1.82, 2.24) is 84.0 Å². The maximum atomic E-state index is 13.4. The zero-order valence-corrected chi connectivity index (χ0v) is 50.2. The van der Waals surface area contributed by atoms with Gasteiger partial charge in [0.2, 0.25) is 65.0 Å². The number of hydroxylamine groups is 2. The van der Waals surface area contributed by atoms with Gasteiger partial charge in [-0.15, -0.1) is 10.2 Å². The number of hydrogen-bond acceptors (Lipinski definition) is 24. The number of aliphatic hydroxyl groups is 3. The Kier molecular flexibility index (Phi) is 28.1. The molecule has 0 saturated carbocycles. The van der Waals surface area contributed by atoms with E-state index in [1.54, 1.807) is 0 Å². The summed E-state index contributed by atoms with van der Waals surface area (Å²) >= 11 is 8.06. The second-order valence-electron chi connectivity index (χ2n) is 19.9. The van der Waals surface area contributed by atoms with Crippen LogP contribution in [0.2, 0.25) is 0 Å². The molecule has 2 aromatic rings. The highest BCUT2D eigenvalue weighted by Gasteiger charge is 2.37. The molecular formula is C49H71N17O20S2. The molecule has 13 atom stereocenters. The van der Waals surface area contributed by atoms with Crippen LogP contribution in [-0.4, -0.2) is 238 Å². The van der Waals surface area contributed by atoms with Crippen molar-refractivity contribution in [2.24, 2.45) is 0 Å². The smallest absolute Gasteiger partial charge is 0.325 e. The number of thiol groups is 2. The van der Waals surface area contributed by atoms with Gasteiger partial charge in [0.05, 0.1) is 55.3 Å². The first-order chi connectivity index (χ1) is 41.1. The maximum Gasteiger partial charge on any atom is 0.325 e. The minimum absolute atomic E-state index is 0.0128. The predicted octanol–water partition coefficient (Wildman–Crippen LogP) is -9.11. The number of aliphatic carboxylic acids is 1. The summed E-state index contributed by atoms with van der Waals surface area (Å²) in [6, 6.07) is -11.0. The lowest BCUT2D eigenvalue weighted by atomic mass is 10.1. The van der Waals surface area contributed by atoms with Gasteiger partial charge in [-0.05, 0) is 78.8 Å². The molecule has 0 radical (unpaired) electrons. The molecule has 0 unspecified atom stereocenters. The van der Waals surface area contributed by atoms with E-state index in [-0.39, 0.29) is 39.7 Å². The molecule has 1 aromatic heterocycles. The Balaban J connectivity index is 1.44. The number of nitrogens with one attached hydrogen (secondary N) is 13. The number of carboxylic acids is 1. The van der Waals surface area contributed by atoms with Crippen molar-refractivity contribution in [2.75, 3.05) is 30.0 Å². The van der Waals surface area contributed by atoms with Crippen molar-refractivity contribution in [3.8, 4) is 0 Å². The maximum absolute atomic E-state index is 13.4. The Morgan fingerprint density at radius 1 is 0.500 bits per heavy atom. The molecule has 14 amide bonds. The number of rotatable bonds is 33. The average molecular weight is 1280 g/mol. The number of hydrogen-bond donors (Lipinski definition) is 20. The molecule has 0 bridgehead atoms. The second kappa shape index (κ2) is 33.7. The number of aromatic nitrogens is 3. The third-order valence-electron chi connectivity index (χ3n) is 12.5. The number of aliphatic hydroxyl groups excluding tert-OH is 3. The first-order valence-corrected chi connectivity index (χ1v) is 27.8. The molecule has 37 nitrogen and oxygen atoms in total. The highest BCUT2D eigenvalue weighted by Crippen LogP contribution is 2.22. The molecule has 1 aromatic carbocycles. The summed E-state index contributed by atoms with van der Waals surface area (Å²) < 4.78 is 0. The molecule has 39 heteroatoms. The number of imide groups is 1. The molecular weight excluding hydrogens is 1210 g/mol. The standard InChI is InChI=1S/C49H71N17O20S2/c1-18(53-33(71)14-52-44(79)36(25(8)69)63-65-15-27(62-64-65)12-50-41(76)26-9-10-28-29(11-26)48(83)66(86)47(28)82)37(72)51-13-32(70)54-19(2)40(75)60-35(24(7)68)46(81)61-34(23(6)67)45(80)59-31(17-88)42(77)56-20(3)38(73)55-21(4)39(74)58-30(16-87)43(78)57-22(5)49(84)85/h9-11,15,18-25,30-31,34-36,63,67-69,86-88H,12-14,16-17H2,1-8H3,(H,50,76)(H,51,72)(H,52,79)(H,53,71)(H,54,70)(H,55,73)(H,56,77)(H,57,78)(H,58,74)(H,59,80)(H,60,75)(H,61,81)(H,84,85)/t18-,19-,20-,21-,22-,23+,24+,25+,30-,31-,34-,35-,36-/m0/s1. The molecule has 2 heterocycles. The van der Waals surface area contributed by atoms with Gasteiger partial charge in [-0.1, -0.05) is 0 Å². The summed E-state index contributed by atoms with van der Waals surface area (Å²) in [5.41, 5.74) is 2.45. The summed E-state index contributed by atoms with van der Waals surface area (Å²) in [5, 5.41) is 84.8. The quantitative estimate of drug-likeness (QED) is 0.0179. The summed E-state index contributed by atoms with van der Waals surface area (Å²) in [6.07, 6.45) is -3.49. The highest BCUT2D eigenvalue weighted by atomic mass is 32.1. The number of fused-ring (bicyclic) bond motifs is 1. The molecule has 3 rings (SSSR count). The molecule has 0 spiro atoms. The molecule has 18 N–H and O–H groups in total. The summed E-state index contributed by atoms with van der Waals surface area (Å²) in [7, 11) is 0. The molecule has 0 saturated heterocycles. The lowest BCUT2D eigenvalue weighted by molar-refractivity contribution is -0.141. The Bertz CT molecular complexity index is 2980. The van der Waals surface area contributed by atoms with Gasteiger partial charge in [-0.3, -0.25) is 82.6 Å². The van der Waals surface area contributed by atoms with Gasteiger partial charge in [-0.2, -0.15) is 30.0 Å². The summed E-state index contributed by atoms with van der Waals surface area (Å²) in [4.78, 5) is 191. The monoisotopic (exact) mass is 1280 g/mol. The van der Waals surface area contributed by atoms with Crippen LogP contribution >= 0.6 is 25.3 Å². The van der Waals surface area contributed by atoms with E-state index >= 15 is 0 Å². The van der Waals surface area contributed by atoms with Crippen molar-refractivity contribution in [2.45, 2.75) is 141 Å². The van der Waals surface area contributed by atoms with Gasteiger partial charge in [0.15, 0.2) is 0 Å². The minimum atomic E-state index is -1.85. The third kappa shape index (κ3) is 21.4. The number of carbonyl (C=O) groups excluding carboxylic acids is 14. The van der Waals surface area contributed by atoms with Crippen LogP contribution in [0.25, 0.3) is 0 Å². The Morgan fingerprint density at radius 2 is 0.920 bits per heavy atom. The molecule has 88 heavy (non-hydrogen) atoms. The number of nitrogens with zero attached hydrogens (tertiary/aromatic N) is 4. The molecule has 0 fully saturated rings. The SMILES string of the molecule is C[C@H](NC(=O)[C@H](CS)NC(=O)[C@H](C)NC(=O)[C@H](C)NC(=O)[C@H](CS)NC(=O)[C@@H](NC(=O)[C@@H](NC(=O)[C@H](C)NC(=O)CNC(=O)[C@H](C)NC(=O)CNC(=O)[C@@H](Nn1cc(CNC(=O)c2ccc3c(c2)C(=O)N(O)C3=O)nn1)[C@@H](C)O)[C@@H](C)O)[C@@H](C)O)C(=O)O. The number of carbonyl (C=O) groups is 15. The van der Waals surface area contributed by atoms with E-state index in [0.29, 0.717) is 0 Å². The summed E-state index contributed by atoms with van der Waals surface area (Å²) in [5.74, 6) is -15.3. The van der Waals surface area contributed by atoms with E-state index in [0.717, 1.165) is 24.7 Å². The van der Waals surface area contributed by atoms with Gasteiger partial charge in [0, 0.05) is 17.1 Å². The van der Waals surface area contributed by atoms with Gasteiger partial charge in [0.25, 0.3) is 17.7 Å². The largest absolute Gasteiger partial charge is 0.480 e. The van der Waals surface area contributed by atoms with Crippen molar-refractivity contribution < 1.29 is 97.6 Å². The van der Waals surface area contributed by atoms with Crippen LogP contribution in [0.1, 0.15) is 92.2 Å². The zero-order valence-electron chi connectivity index (χ0n) is 48.4. The van der Waals surface area contributed by atoms with Crippen LogP contribution in [0.5, 0.6) is 0 Å². The minimum Gasteiger partial charge on any atom is -0.480 e. The van der Waals surface area contributed by atoms with E-state index < -0.39 is 186 Å². The van der Waals surface area contributed by atoms with Crippen LogP contribution in [0.15, 0.2) is 24.4 Å². The fraction of sp³-hybridized carbons (Fsp3) is 0.531. The van der Waals surface area contributed by atoms with Crippen LogP contribution in [-0.2, 0) is 64.1 Å². The van der Waals surface area contributed by atoms with Crippen LogP contribution in [0.4, 0.5) is 0 Å². The van der Waals surface area contributed by atoms with E-state index in [1.807, 2.05) is 0 Å². The molecule has 1 aliphatic rings. The fourth-order valence-electron chi connectivity index (χ4n) is 7.36.